The van der Waals surface area contributed by atoms with Crippen LogP contribution in [0.2, 0.25) is 0 Å². The van der Waals surface area contributed by atoms with Crippen LogP contribution in [-0.4, -0.2) is 11.1 Å². The number of rotatable bonds is 3. The van der Waals surface area contributed by atoms with E-state index in [4.69, 9.17) is 5.73 Å². The minimum absolute atomic E-state index is 0.242. The van der Waals surface area contributed by atoms with Crippen LogP contribution >= 0.6 is 0 Å². The van der Waals surface area contributed by atoms with Gasteiger partial charge in [-0.1, -0.05) is 42.0 Å². The fourth-order valence-corrected chi connectivity index (χ4v) is 2.05. The van der Waals surface area contributed by atoms with E-state index in [-0.39, 0.29) is 5.57 Å². The van der Waals surface area contributed by atoms with Crippen LogP contribution in [0.5, 0.6) is 0 Å². The number of benzene rings is 2. The second kappa shape index (κ2) is 5.61. The predicted molar refractivity (Wildman–Crippen MR) is 82.3 cm³/mol. The Labute approximate surface area is 118 Å². The molecule has 3 N–H and O–H groups in total. The maximum Gasteiger partial charge on any atom is 0.336 e. The summed E-state index contributed by atoms with van der Waals surface area (Å²) in [5.74, 6) is -0.962. The number of aryl methyl sites for hydroxylation is 2. The van der Waals surface area contributed by atoms with Gasteiger partial charge >= 0.3 is 5.97 Å². The molecular weight excluding hydrogens is 250 g/mol. The van der Waals surface area contributed by atoms with E-state index in [2.05, 4.69) is 0 Å². The van der Waals surface area contributed by atoms with Gasteiger partial charge in [0.2, 0.25) is 0 Å². The van der Waals surface area contributed by atoms with Gasteiger partial charge in [0.1, 0.15) is 0 Å². The number of anilines is 1. The highest BCUT2D eigenvalue weighted by Gasteiger charge is 2.12. The van der Waals surface area contributed by atoms with E-state index in [1.807, 2.05) is 50.2 Å². The lowest BCUT2D eigenvalue weighted by molar-refractivity contribution is -0.130. The van der Waals surface area contributed by atoms with E-state index < -0.39 is 5.97 Å². The Hall–Kier alpha value is -2.55. The summed E-state index contributed by atoms with van der Waals surface area (Å²) in [6.07, 6.45) is 1.64. The normalized spacial score (nSPS) is 11.4. The maximum absolute atomic E-state index is 11.5. The number of aliphatic carboxylic acids is 1. The molecule has 0 saturated heterocycles. The third-order valence-corrected chi connectivity index (χ3v) is 3.24. The van der Waals surface area contributed by atoms with E-state index in [0.29, 0.717) is 11.3 Å². The number of nitrogen functional groups attached to an aromatic ring is 1. The average Bonchev–Trinajstić information content (AvgIpc) is 2.39. The van der Waals surface area contributed by atoms with Crippen molar-refractivity contribution >= 4 is 23.3 Å². The largest absolute Gasteiger partial charge is 0.478 e. The van der Waals surface area contributed by atoms with E-state index in [0.717, 1.165) is 16.7 Å². The van der Waals surface area contributed by atoms with Gasteiger partial charge in [0.15, 0.2) is 0 Å². The number of hydrogen-bond acceptors (Lipinski definition) is 2. The van der Waals surface area contributed by atoms with Crippen LogP contribution in [0.15, 0.2) is 42.5 Å². The van der Waals surface area contributed by atoms with Crippen LogP contribution in [0.1, 0.15) is 22.3 Å². The summed E-state index contributed by atoms with van der Waals surface area (Å²) in [5, 5.41) is 9.43. The van der Waals surface area contributed by atoms with Crippen LogP contribution in [0.3, 0.4) is 0 Å². The Morgan fingerprint density at radius 2 is 1.75 bits per heavy atom. The van der Waals surface area contributed by atoms with Crippen LogP contribution in [-0.2, 0) is 4.79 Å². The van der Waals surface area contributed by atoms with Crippen molar-refractivity contribution in [2.75, 3.05) is 5.73 Å². The second-order valence-corrected chi connectivity index (χ2v) is 4.81. The number of carbonyl (C=O) groups is 1. The molecule has 0 aliphatic carbocycles. The van der Waals surface area contributed by atoms with E-state index in [1.165, 1.54) is 0 Å². The molecule has 0 spiro atoms. The molecule has 3 heteroatoms. The van der Waals surface area contributed by atoms with Crippen LogP contribution in [0.25, 0.3) is 11.6 Å². The summed E-state index contributed by atoms with van der Waals surface area (Å²) in [4.78, 5) is 11.5. The maximum atomic E-state index is 11.5. The van der Waals surface area contributed by atoms with Crippen molar-refractivity contribution in [2.24, 2.45) is 0 Å². The molecule has 0 unspecified atom stereocenters. The Morgan fingerprint density at radius 3 is 2.30 bits per heavy atom. The molecule has 0 fully saturated rings. The van der Waals surface area contributed by atoms with Crippen LogP contribution < -0.4 is 5.73 Å². The smallest absolute Gasteiger partial charge is 0.336 e. The molecule has 0 amide bonds. The minimum atomic E-state index is -0.962. The molecule has 20 heavy (non-hydrogen) atoms. The number of hydrogen-bond donors (Lipinski definition) is 2. The average molecular weight is 267 g/mol. The Morgan fingerprint density at radius 1 is 1.10 bits per heavy atom. The van der Waals surface area contributed by atoms with Gasteiger partial charge in [-0.3, -0.25) is 0 Å². The summed E-state index contributed by atoms with van der Waals surface area (Å²) < 4.78 is 0. The molecule has 3 nitrogen and oxygen atoms in total. The van der Waals surface area contributed by atoms with Gasteiger partial charge in [-0.2, -0.15) is 0 Å². The Balaban J connectivity index is 2.56. The highest BCUT2D eigenvalue weighted by atomic mass is 16.4. The van der Waals surface area contributed by atoms with Crippen molar-refractivity contribution in [2.45, 2.75) is 13.8 Å². The number of carboxylic acids is 1. The van der Waals surface area contributed by atoms with Gasteiger partial charge in [-0.05, 0) is 37.1 Å². The highest BCUT2D eigenvalue weighted by Crippen LogP contribution is 2.24. The zero-order valence-corrected chi connectivity index (χ0v) is 11.6. The topological polar surface area (TPSA) is 63.3 Å². The quantitative estimate of drug-likeness (QED) is 0.508. The molecular formula is C17H17NO2. The fourth-order valence-electron chi connectivity index (χ4n) is 2.05. The molecule has 2 aromatic rings. The summed E-state index contributed by atoms with van der Waals surface area (Å²) in [6.45, 7) is 3.88. The molecule has 0 aromatic heterocycles. The summed E-state index contributed by atoms with van der Waals surface area (Å²) in [7, 11) is 0. The molecule has 102 valence electrons. The molecule has 0 saturated carbocycles. The van der Waals surface area contributed by atoms with E-state index >= 15 is 0 Å². The van der Waals surface area contributed by atoms with Crippen molar-refractivity contribution in [3.8, 4) is 0 Å². The molecule has 2 aromatic carbocycles. The lowest BCUT2D eigenvalue weighted by Crippen LogP contribution is -2.01. The zero-order chi connectivity index (χ0) is 14.7. The van der Waals surface area contributed by atoms with Crippen molar-refractivity contribution in [1.29, 1.82) is 0 Å². The zero-order valence-electron chi connectivity index (χ0n) is 11.6. The first-order valence-electron chi connectivity index (χ1n) is 6.36. The standard InChI is InChI=1S/C17H17NO2/c1-11-6-8-13(9-7-11)15(17(19)20)10-14-12(2)4-3-5-16(14)18/h3-10H,18H2,1-2H3,(H,19,20)/b15-10+. The van der Waals surface area contributed by atoms with Gasteiger partial charge in [-0.15, -0.1) is 0 Å². The molecule has 0 atom stereocenters. The van der Waals surface area contributed by atoms with Crippen molar-refractivity contribution in [3.63, 3.8) is 0 Å². The SMILES string of the molecule is Cc1ccc(/C(=C\c2c(C)cccc2N)C(=O)O)cc1. The molecule has 2 rings (SSSR count). The highest BCUT2D eigenvalue weighted by molar-refractivity contribution is 6.21. The van der Waals surface area contributed by atoms with E-state index in [9.17, 15) is 9.90 Å². The molecule has 0 radical (unpaired) electrons. The van der Waals surface area contributed by atoms with E-state index in [1.54, 1.807) is 12.1 Å². The Bertz CT molecular complexity index is 650. The first-order chi connectivity index (χ1) is 9.49. The van der Waals surface area contributed by atoms with Crippen LogP contribution in [0.4, 0.5) is 5.69 Å². The first-order valence-corrected chi connectivity index (χ1v) is 6.36. The molecule has 0 aliphatic rings. The second-order valence-electron chi connectivity index (χ2n) is 4.81. The fraction of sp³-hybridized carbons (Fsp3) is 0.118. The molecule has 0 bridgehead atoms. The van der Waals surface area contributed by atoms with Crippen LogP contribution in [0, 0.1) is 13.8 Å². The van der Waals surface area contributed by atoms with Gasteiger partial charge in [0, 0.05) is 11.3 Å². The van der Waals surface area contributed by atoms with Crippen molar-refractivity contribution in [3.05, 3.63) is 64.7 Å². The Kier molecular flexibility index (Phi) is 3.89. The monoisotopic (exact) mass is 267 g/mol. The number of nitrogens with two attached hydrogens (primary N) is 1. The molecule has 0 aliphatic heterocycles. The third kappa shape index (κ3) is 2.88. The summed E-state index contributed by atoms with van der Waals surface area (Å²) in [5.41, 5.74) is 10.2. The lowest BCUT2D eigenvalue weighted by atomic mass is 9.98. The van der Waals surface area contributed by atoms with Gasteiger partial charge in [0.05, 0.1) is 5.57 Å². The van der Waals surface area contributed by atoms with Gasteiger partial charge < -0.3 is 10.8 Å². The lowest BCUT2D eigenvalue weighted by Gasteiger charge is -2.08. The van der Waals surface area contributed by atoms with Crippen molar-refractivity contribution < 1.29 is 9.90 Å². The summed E-state index contributed by atoms with van der Waals surface area (Å²) >= 11 is 0. The van der Waals surface area contributed by atoms with Crippen molar-refractivity contribution in [1.82, 2.24) is 0 Å². The van der Waals surface area contributed by atoms with Gasteiger partial charge in [-0.25, -0.2) is 4.79 Å². The third-order valence-electron chi connectivity index (χ3n) is 3.24. The first kappa shape index (κ1) is 13.9. The summed E-state index contributed by atoms with van der Waals surface area (Å²) in [6, 6.07) is 13.0. The van der Waals surface area contributed by atoms with Gasteiger partial charge in [0.25, 0.3) is 0 Å². The molecule has 0 heterocycles. The predicted octanol–water partition coefficient (Wildman–Crippen LogP) is 3.51. The minimum Gasteiger partial charge on any atom is -0.478 e. The number of carboxylic acid groups (broad SMARTS) is 1.